The van der Waals surface area contributed by atoms with Crippen molar-refractivity contribution < 1.29 is 29.1 Å². The van der Waals surface area contributed by atoms with E-state index in [9.17, 15) is 14.4 Å². The fraction of sp³-hybridized carbons (Fsp3) is 0.538. The number of ether oxygens (including phenoxy) is 1. The van der Waals surface area contributed by atoms with E-state index in [2.05, 4.69) is 31.2 Å². The van der Waals surface area contributed by atoms with Gasteiger partial charge >= 0.3 is 6.16 Å². The molecule has 11 heteroatoms. The number of oxime groups is 1. The summed E-state index contributed by atoms with van der Waals surface area (Å²) in [6.07, 6.45) is -1.46. The number of nitrogens with one attached hydrogen (secondary N) is 1. The summed E-state index contributed by atoms with van der Waals surface area (Å²) in [4.78, 5) is 40.8. The van der Waals surface area contributed by atoms with Crippen molar-refractivity contribution >= 4 is 51.2 Å². The van der Waals surface area contributed by atoms with Crippen molar-refractivity contribution in [2.24, 2.45) is 5.16 Å². The van der Waals surface area contributed by atoms with Crippen LogP contribution >= 0.6 is 27.7 Å². The van der Waals surface area contributed by atoms with Crippen molar-refractivity contribution in [3.05, 3.63) is 11.5 Å². The average molecular weight is 422 g/mol. The lowest BCUT2D eigenvalue weighted by molar-refractivity contribution is -0.146. The zero-order valence-electron chi connectivity index (χ0n) is 12.9. The topological polar surface area (TPSA) is 118 Å². The molecule has 0 spiro atoms. The van der Waals surface area contributed by atoms with Crippen LogP contribution in [0.1, 0.15) is 6.92 Å². The van der Waals surface area contributed by atoms with Crippen LogP contribution in [0.5, 0.6) is 0 Å². The van der Waals surface area contributed by atoms with Crippen LogP contribution in [0.15, 0.2) is 16.6 Å². The minimum Gasteiger partial charge on any atom is -0.449 e. The highest BCUT2D eigenvalue weighted by Gasteiger charge is 2.52. The van der Waals surface area contributed by atoms with E-state index < -0.39 is 12.2 Å². The summed E-state index contributed by atoms with van der Waals surface area (Å²) in [6.45, 7) is 1.78. The second kappa shape index (κ2) is 7.99. The summed E-state index contributed by atoms with van der Waals surface area (Å²) in [7, 11) is 1.33. The predicted octanol–water partition coefficient (Wildman–Crippen LogP) is 0.752. The minimum absolute atomic E-state index is 0.0663. The van der Waals surface area contributed by atoms with Crippen molar-refractivity contribution in [2.45, 2.75) is 18.3 Å². The SMILES string of the molecule is CO/N=C(/CN[C@@H]1C(=O)N2C(OC(=O)O)=C(C)CS[C@H]12)C(=O)CBr. The van der Waals surface area contributed by atoms with Crippen LogP contribution in [0, 0.1) is 0 Å². The molecule has 24 heavy (non-hydrogen) atoms. The molecule has 0 saturated carbocycles. The highest BCUT2D eigenvalue weighted by atomic mass is 79.9. The lowest BCUT2D eigenvalue weighted by Crippen LogP contribution is -2.69. The first-order valence-corrected chi connectivity index (χ1v) is 9.05. The Hall–Kier alpha value is -1.59. The fourth-order valence-electron chi connectivity index (χ4n) is 2.31. The Balaban J connectivity index is 2.04. The molecule has 9 nitrogen and oxygen atoms in total. The molecule has 1 amide bonds. The van der Waals surface area contributed by atoms with Crippen molar-refractivity contribution in [2.75, 3.05) is 24.7 Å². The highest BCUT2D eigenvalue weighted by molar-refractivity contribution is 9.09. The Morgan fingerprint density at radius 1 is 1.54 bits per heavy atom. The van der Waals surface area contributed by atoms with Gasteiger partial charge in [0.05, 0.1) is 5.33 Å². The molecule has 132 valence electrons. The summed E-state index contributed by atoms with van der Waals surface area (Å²) in [5, 5.41) is 15.2. The van der Waals surface area contributed by atoms with E-state index in [0.717, 1.165) is 0 Å². The Kier molecular flexibility index (Phi) is 6.24. The molecule has 2 rings (SSSR count). The van der Waals surface area contributed by atoms with Crippen LogP contribution in [-0.2, 0) is 19.2 Å². The van der Waals surface area contributed by atoms with E-state index in [1.54, 1.807) is 6.92 Å². The van der Waals surface area contributed by atoms with Gasteiger partial charge in [-0.05, 0) is 12.5 Å². The van der Waals surface area contributed by atoms with Gasteiger partial charge in [-0.25, -0.2) is 4.79 Å². The van der Waals surface area contributed by atoms with Crippen molar-refractivity contribution in [1.29, 1.82) is 0 Å². The molecule has 2 aliphatic rings. The Morgan fingerprint density at radius 2 is 2.25 bits per heavy atom. The molecule has 0 bridgehead atoms. The zero-order valence-corrected chi connectivity index (χ0v) is 15.3. The molecule has 2 atom stereocenters. The number of fused-ring (bicyclic) bond motifs is 1. The van der Waals surface area contributed by atoms with E-state index in [4.69, 9.17) is 9.84 Å². The van der Waals surface area contributed by atoms with Gasteiger partial charge in [0, 0.05) is 12.3 Å². The van der Waals surface area contributed by atoms with Crippen LogP contribution in [0.3, 0.4) is 0 Å². The monoisotopic (exact) mass is 421 g/mol. The molecule has 0 aromatic carbocycles. The van der Waals surface area contributed by atoms with E-state index in [0.29, 0.717) is 11.3 Å². The molecule has 2 N–H and O–H groups in total. The van der Waals surface area contributed by atoms with Crippen molar-refractivity contribution in [3.63, 3.8) is 0 Å². The second-order valence-corrected chi connectivity index (χ2v) is 6.66. The number of amides is 1. The molecule has 1 saturated heterocycles. The van der Waals surface area contributed by atoms with E-state index in [1.807, 2.05) is 0 Å². The van der Waals surface area contributed by atoms with Gasteiger partial charge in [0.15, 0.2) is 5.78 Å². The maximum absolute atomic E-state index is 12.3. The van der Waals surface area contributed by atoms with Crippen LogP contribution in [0.4, 0.5) is 4.79 Å². The van der Waals surface area contributed by atoms with Gasteiger partial charge in [-0.3, -0.25) is 19.8 Å². The minimum atomic E-state index is -1.46. The number of hydrogen-bond acceptors (Lipinski definition) is 8. The molecule has 1 fully saturated rings. The number of carbonyl (C=O) groups excluding carboxylic acids is 2. The summed E-state index contributed by atoms with van der Waals surface area (Å²) in [5.74, 6) is 0.0478. The number of carboxylic acid groups (broad SMARTS) is 1. The predicted molar refractivity (Wildman–Crippen MR) is 89.9 cm³/mol. The standard InChI is InChI=1S/C13H16BrN3O6S/c1-6-5-24-12-9(10(19)17(12)11(6)23-13(20)21)15-4-7(16-22-2)8(18)3-14/h9,12,15H,3-5H2,1-2H3,(H,20,21)/b16-7-/t9-,12-/m1/s1. The van der Waals surface area contributed by atoms with Crippen LogP contribution < -0.4 is 5.32 Å². The number of ketones is 1. The van der Waals surface area contributed by atoms with Crippen molar-refractivity contribution in [3.8, 4) is 0 Å². The summed E-state index contributed by atoms with van der Waals surface area (Å²) in [5.41, 5.74) is 0.844. The molecule has 0 aromatic rings. The van der Waals surface area contributed by atoms with Gasteiger partial charge in [-0.1, -0.05) is 21.1 Å². The number of halogens is 1. The quantitative estimate of drug-likeness (QED) is 0.203. The Labute approximate surface area is 150 Å². The number of carbonyl (C=O) groups is 3. The second-order valence-electron chi connectivity index (χ2n) is 5.00. The summed E-state index contributed by atoms with van der Waals surface area (Å²) >= 11 is 4.55. The first-order chi connectivity index (χ1) is 11.4. The largest absolute Gasteiger partial charge is 0.512 e. The third kappa shape index (κ3) is 3.73. The molecule has 0 radical (unpaired) electrons. The van der Waals surface area contributed by atoms with Crippen molar-refractivity contribution in [1.82, 2.24) is 10.2 Å². The summed E-state index contributed by atoms with van der Waals surface area (Å²) in [6, 6.07) is -0.555. The lowest BCUT2D eigenvalue weighted by Gasteiger charge is -2.49. The first kappa shape index (κ1) is 18.7. The van der Waals surface area contributed by atoms with E-state index >= 15 is 0 Å². The molecular weight excluding hydrogens is 406 g/mol. The van der Waals surface area contributed by atoms with Crippen LogP contribution in [0.25, 0.3) is 0 Å². The van der Waals surface area contributed by atoms with E-state index in [1.165, 1.54) is 23.8 Å². The molecule has 2 aliphatic heterocycles. The molecule has 2 heterocycles. The zero-order chi connectivity index (χ0) is 17.9. The van der Waals surface area contributed by atoms with Crippen LogP contribution in [-0.4, -0.2) is 69.7 Å². The third-order valence-electron chi connectivity index (χ3n) is 3.42. The Bertz CT molecular complexity index is 623. The number of nitrogens with zero attached hydrogens (tertiary/aromatic N) is 2. The number of alkyl halides is 1. The maximum atomic E-state index is 12.3. The van der Waals surface area contributed by atoms with Gasteiger partial charge in [-0.2, -0.15) is 0 Å². The summed E-state index contributed by atoms with van der Waals surface area (Å²) < 4.78 is 4.73. The van der Waals surface area contributed by atoms with Gasteiger partial charge in [0.25, 0.3) is 5.91 Å². The van der Waals surface area contributed by atoms with Gasteiger partial charge in [-0.15, -0.1) is 11.8 Å². The molecule has 0 aromatic heterocycles. The number of hydrogen-bond donors (Lipinski definition) is 2. The van der Waals surface area contributed by atoms with Gasteiger partial charge in [0.1, 0.15) is 24.2 Å². The van der Waals surface area contributed by atoms with Gasteiger partial charge in [0.2, 0.25) is 5.88 Å². The third-order valence-corrected chi connectivity index (χ3v) is 5.35. The average Bonchev–Trinajstić information content (AvgIpc) is 2.54. The fourth-order valence-corrected chi connectivity index (χ4v) is 3.93. The number of thioether (sulfide) groups is 1. The number of Topliss-reactive ketones (excluding diaryl/α,β-unsaturated/α-hetero) is 1. The smallest absolute Gasteiger partial charge is 0.449 e. The normalized spacial score (nSPS) is 23.5. The first-order valence-electron chi connectivity index (χ1n) is 6.88. The van der Waals surface area contributed by atoms with E-state index in [-0.39, 0.29) is 40.5 Å². The van der Waals surface area contributed by atoms with Gasteiger partial charge < -0.3 is 14.7 Å². The molecule has 0 unspecified atom stereocenters. The molecule has 0 aliphatic carbocycles. The molecular formula is C13H16BrN3O6S. The Morgan fingerprint density at radius 3 is 2.83 bits per heavy atom. The number of rotatable bonds is 7. The number of β-lactam (4-membered cyclic amide) rings is 1. The highest BCUT2D eigenvalue weighted by Crippen LogP contribution is 2.40. The maximum Gasteiger partial charge on any atom is 0.512 e. The lowest BCUT2D eigenvalue weighted by atomic mass is 10.1. The van der Waals surface area contributed by atoms with Crippen LogP contribution in [0.2, 0.25) is 0 Å².